The van der Waals surface area contributed by atoms with Crippen LogP contribution in [0, 0.1) is 37.5 Å². The van der Waals surface area contributed by atoms with E-state index in [4.69, 9.17) is 4.74 Å². The molecule has 5 heteroatoms. The van der Waals surface area contributed by atoms with E-state index >= 15 is 0 Å². The number of anilines is 1. The van der Waals surface area contributed by atoms with Gasteiger partial charge in [0.15, 0.2) is 0 Å². The molecule has 0 radical (unpaired) electrons. The second kappa shape index (κ2) is 6.41. The number of amides is 2. The zero-order chi connectivity index (χ0) is 20.3. The fraction of sp³-hybridized carbons (Fsp3) is 0.292. The molecular weight excluding hydrogens is 366 g/mol. The van der Waals surface area contributed by atoms with Gasteiger partial charge in [0, 0.05) is 0 Å². The predicted molar refractivity (Wildman–Crippen MR) is 108 cm³/mol. The summed E-state index contributed by atoms with van der Waals surface area (Å²) in [5.74, 6) is -0.570. The highest BCUT2D eigenvalue weighted by Gasteiger charge is 2.59. The van der Waals surface area contributed by atoms with Crippen LogP contribution in [0.15, 0.2) is 54.6 Å². The number of carbonyl (C=O) groups excluding carboxylic acids is 3. The third-order valence-electron chi connectivity index (χ3n) is 6.50. The Labute approximate surface area is 169 Å². The quantitative estimate of drug-likeness (QED) is 0.347. The molecule has 2 fully saturated rings. The monoisotopic (exact) mass is 387 g/mol. The molecule has 1 aliphatic heterocycles. The molecule has 29 heavy (non-hydrogen) atoms. The Kier molecular flexibility index (Phi) is 3.95. The van der Waals surface area contributed by atoms with Crippen molar-refractivity contribution < 1.29 is 19.1 Å². The lowest BCUT2D eigenvalue weighted by molar-refractivity contribution is -0.123. The summed E-state index contributed by atoms with van der Waals surface area (Å²) in [7, 11) is 0. The Bertz CT molecular complexity index is 1060. The average Bonchev–Trinajstić information content (AvgIpc) is 3.38. The summed E-state index contributed by atoms with van der Waals surface area (Å²) in [6.45, 7) is 3.95. The first-order chi connectivity index (χ1) is 13.9. The Morgan fingerprint density at radius 2 is 1.62 bits per heavy atom. The number of benzene rings is 2. The zero-order valence-electron chi connectivity index (χ0n) is 16.3. The Morgan fingerprint density at radius 3 is 2.28 bits per heavy atom. The lowest BCUT2D eigenvalue weighted by Crippen LogP contribution is -2.33. The van der Waals surface area contributed by atoms with Crippen LogP contribution in [-0.4, -0.2) is 17.8 Å². The van der Waals surface area contributed by atoms with Crippen molar-refractivity contribution in [1.82, 2.24) is 0 Å². The molecule has 5 rings (SSSR count). The second-order valence-electron chi connectivity index (χ2n) is 8.20. The molecular formula is C24H21NO4. The average molecular weight is 387 g/mol. The second-order valence-corrected chi connectivity index (χ2v) is 8.20. The van der Waals surface area contributed by atoms with Gasteiger partial charge in [-0.15, -0.1) is 0 Å². The normalized spacial score (nSPS) is 26.9. The number of esters is 1. The summed E-state index contributed by atoms with van der Waals surface area (Å²) in [5, 5.41) is 0. The number of allylic oxidation sites excluding steroid dienone is 2. The van der Waals surface area contributed by atoms with Crippen LogP contribution >= 0.6 is 0 Å². The molecule has 1 heterocycles. The Hall–Kier alpha value is -3.21. The van der Waals surface area contributed by atoms with Gasteiger partial charge in [0.1, 0.15) is 5.75 Å². The van der Waals surface area contributed by atoms with E-state index in [2.05, 4.69) is 12.2 Å². The van der Waals surface area contributed by atoms with Gasteiger partial charge in [-0.25, -0.2) is 9.69 Å². The number of hydrogen-bond donors (Lipinski definition) is 0. The number of imide groups is 1. The molecule has 2 bridgehead atoms. The minimum absolute atomic E-state index is 0.156. The van der Waals surface area contributed by atoms with Crippen molar-refractivity contribution in [1.29, 1.82) is 0 Å². The summed E-state index contributed by atoms with van der Waals surface area (Å²) in [6, 6.07) is 12.0. The van der Waals surface area contributed by atoms with Gasteiger partial charge in [0.25, 0.3) is 0 Å². The smallest absolute Gasteiger partial charge is 0.343 e. The molecule has 0 N–H and O–H groups in total. The Balaban J connectivity index is 1.40. The van der Waals surface area contributed by atoms with Gasteiger partial charge >= 0.3 is 5.97 Å². The number of ether oxygens (including phenoxy) is 1. The molecule has 4 atom stereocenters. The van der Waals surface area contributed by atoms with Crippen LogP contribution in [0.3, 0.4) is 0 Å². The van der Waals surface area contributed by atoms with Crippen molar-refractivity contribution in [3.8, 4) is 5.75 Å². The number of aryl methyl sites for hydroxylation is 2. The fourth-order valence-corrected chi connectivity index (χ4v) is 4.87. The maximum absolute atomic E-state index is 13.0. The van der Waals surface area contributed by atoms with Crippen LogP contribution in [0.2, 0.25) is 0 Å². The summed E-state index contributed by atoms with van der Waals surface area (Å²) >= 11 is 0. The first-order valence-electron chi connectivity index (χ1n) is 9.89. The Morgan fingerprint density at radius 1 is 0.931 bits per heavy atom. The van der Waals surface area contributed by atoms with Crippen LogP contribution in [-0.2, 0) is 9.59 Å². The molecule has 2 aromatic carbocycles. The standard InChI is InChI=1S/C24H21NO4/c1-13-6-9-19(10-14(13)2)29-24(28)17-4-3-5-18(12-17)25-22(26)20-15-7-8-16(11-15)21(20)23(25)27/h3-10,12,15-16,20-21H,11H2,1-2H3/t15-,16-,20+,21+/m0/s1. The molecule has 5 nitrogen and oxygen atoms in total. The summed E-state index contributed by atoms with van der Waals surface area (Å²) < 4.78 is 5.49. The van der Waals surface area contributed by atoms with Crippen LogP contribution in [0.5, 0.6) is 5.75 Å². The minimum Gasteiger partial charge on any atom is -0.423 e. The largest absolute Gasteiger partial charge is 0.423 e. The fourth-order valence-electron chi connectivity index (χ4n) is 4.87. The molecule has 2 aliphatic carbocycles. The molecule has 0 aromatic heterocycles. The van der Waals surface area contributed by atoms with E-state index in [1.165, 1.54) is 4.90 Å². The van der Waals surface area contributed by atoms with E-state index in [0.29, 0.717) is 17.0 Å². The van der Waals surface area contributed by atoms with Crippen molar-refractivity contribution in [2.75, 3.05) is 4.90 Å². The third kappa shape index (κ3) is 2.72. The van der Waals surface area contributed by atoms with Crippen LogP contribution in [0.1, 0.15) is 27.9 Å². The number of hydrogen-bond acceptors (Lipinski definition) is 4. The maximum atomic E-state index is 13.0. The molecule has 2 amide bonds. The first-order valence-corrected chi connectivity index (χ1v) is 9.89. The highest BCUT2D eigenvalue weighted by molar-refractivity contribution is 6.23. The first kappa shape index (κ1) is 17.9. The van der Waals surface area contributed by atoms with Gasteiger partial charge in [-0.2, -0.15) is 0 Å². The molecule has 2 aromatic rings. The number of rotatable bonds is 3. The zero-order valence-corrected chi connectivity index (χ0v) is 16.3. The lowest BCUT2D eigenvalue weighted by atomic mass is 9.85. The van der Waals surface area contributed by atoms with E-state index in [1.54, 1.807) is 30.3 Å². The molecule has 1 saturated carbocycles. The van der Waals surface area contributed by atoms with Crippen molar-refractivity contribution in [2.24, 2.45) is 23.7 Å². The van der Waals surface area contributed by atoms with Crippen molar-refractivity contribution >= 4 is 23.5 Å². The van der Waals surface area contributed by atoms with E-state index in [1.807, 2.05) is 26.0 Å². The van der Waals surface area contributed by atoms with Crippen LogP contribution in [0.25, 0.3) is 0 Å². The molecule has 3 aliphatic rings. The topological polar surface area (TPSA) is 63.7 Å². The van der Waals surface area contributed by atoms with E-state index in [-0.39, 0.29) is 35.5 Å². The van der Waals surface area contributed by atoms with E-state index in [0.717, 1.165) is 17.5 Å². The van der Waals surface area contributed by atoms with Gasteiger partial charge in [-0.3, -0.25) is 9.59 Å². The summed E-state index contributed by atoms with van der Waals surface area (Å²) in [5.41, 5.74) is 2.89. The highest BCUT2D eigenvalue weighted by Crippen LogP contribution is 2.53. The molecule has 1 saturated heterocycles. The number of carbonyl (C=O) groups is 3. The van der Waals surface area contributed by atoms with Crippen LogP contribution in [0.4, 0.5) is 5.69 Å². The van der Waals surface area contributed by atoms with Gasteiger partial charge in [0.2, 0.25) is 11.8 Å². The summed E-state index contributed by atoms with van der Waals surface area (Å²) in [4.78, 5) is 39.9. The van der Waals surface area contributed by atoms with Crippen molar-refractivity contribution in [3.63, 3.8) is 0 Å². The van der Waals surface area contributed by atoms with Gasteiger partial charge in [0.05, 0.1) is 23.1 Å². The highest BCUT2D eigenvalue weighted by atomic mass is 16.5. The molecule has 146 valence electrons. The minimum atomic E-state index is -0.517. The summed E-state index contributed by atoms with van der Waals surface area (Å²) in [6.07, 6.45) is 5.03. The van der Waals surface area contributed by atoms with E-state index < -0.39 is 5.97 Å². The maximum Gasteiger partial charge on any atom is 0.343 e. The number of fused-ring (bicyclic) bond motifs is 5. The van der Waals surface area contributed by atoms with Gasteiger partial charge in [-0.1, -0.05) is 24.3 Å². The number of nitrogens with zero attached hydrogens (tertiary/aromatic N) is 1. The van der Waals surface area contributed by atoms with Crippen molar-refractivity contribution in [3.05, 3.63) is 71.3 Å². The third-order valence-corrected chi connectivity index (χ3v) is 6.50. The predicted octanol–water partition coefficient (Wildman–Crippen LogP) is 3.83. The lowest BCUT2D eigenvalue weighted by Gasteiger charge is -2.18. The van der Waals surface area contributed by atoms with Gasteiger partial charge < -0.3 is 4.74 Å². The van der Waals surface area contributed by atoms with Crippen LogP contribution < -0.4 is 9.64 Å². The SMILES string of the molecule is Cc1ccc(OC(=O)c2cccc(N3C(=O)[C@H]4[C@H](C3=O)[C@H]3C=C[C@H]4C3)c2)cc1C. The molecule has 0 spiro atoms. The van der Waals surface area contributed by atoms with Crippen molar-refractivity contribution in [2.45, 2.75) is 20.3 Å². The van der Waals surface area contributed by atoms with E-state index in [9.17, 15) is 14.4 Å². The van der Waals surface area contributed by atoms with Gasteiger partial charge in [-0.05, 0) is 73.6 Å². The molecule has 0 unspecified atom stereocenters.